The molecule has 19 heavy (non-hydrogen) atoms. The molecule has 5 heteroatoms. The summed E-state index contributed by atoms with van der Waals surface area (Å²) in [6, 6.07) is -0.101. The number of carbonyl (C=O) groups excluding carboxylic acids is 1. The quantitative estimate of drug-likeness (QED) is 0.777. The molecular weight excluding hydrogens is 244 g/mol. The Labute approximate surface area is 115 Å². The lowest BCUT2D eigenvalue weighted by Crippen LogP contribution is -2.42. The fraction of sp³-hybridized carbons (Fsp3) is 0.857. The molecule has 0 aliphatic heterocycles. The second-order valence-corrected chi connectivity index (χ2v) is 5.72. The van der Waals surface area contributed by atoms with Crippen LogP contribution in [-0.2, 0) is 4.79 Å². The number of nitrogens with one attached hydrogen (secondary N) is 1. The number of carboxylic acid groups (broad SMARTS) is 1. The number of carboxylic acids is 1. The summed E-state index contributed by atoms with van der Waals surface area (Å²) in [6.45, 7) is 5.42. The van der Waals surface area contributed by atoms with Gasteiger partial charge < -0.3 is 15.3 Å². The van der Waals surface area contributed by atoms with Gasteiger partial charge in [-0.05, 0) is 24.7 Å². The van der Waals surface area contributed by atoms with Crippen LogP contribution in [-0.4, -0.2) is 42.1 Å². The van der Waals surface area contributed by atoms with Crippen LogP contribution in [0.5, 0.6) is 0 Å². The summed E-state index contributed by atoms with van der Waals surface area (Å²) in [4.78, 5) is 24.6. The van der Waals surface area contributed by atoms with Crippen molar-refractivity contribution in [2.24, 2.45) is 17.8 Å². The Balaban J connectivity index is 2.35. The third-order valence-electron chi connectivity index (χ3n) is 4.12. The highest BCUT2D eigenvalue weighted by atomic mass is 16.4. The minimum atomic E-state index is -0.732. The Bertz CT molecular complexity index is 320. The van der Waals surface area contributed by atoms with Crippen molar-refractivity contribution in [3.05, 3.63) is 0 Å². The fourth-order valence-electron chi connectivity index (χ4n) is 2.64. The molecule has 0 aromatic carbocycles. The SMILES string of the molecule is CCC(C)CN(C)C(=O)NCC1CCCC1C(=O)O. The first-order valence-corrected chi connectivity index (χ1v) is 7.17. The summed E-state index contributed by atoms with van der Waals surface area (Å²) < 4.78 is 0. The van der Waals surface area contributed by atoms with Crippen LogP contribution in [0.25, 0.3) is 0 Å². The molecule has 2 amide bonds. The van der Waals surface area contributed by atoms with E-state index < -0.39 is 5.97 Å². The first-order chi connectivity index (χ1) is 8.95. The van der Waals surface area contributed by atoms with E-state index in [0.717, 1.165) is 32.2 Å². The molecule has 0 aromatic rings. The maximum atomic E-state index is 11.9. The van der Waals surface area contributed by atoms with Crippen LogP contribution in [0.3, 0.4) is 0 Å². The highest BCUT2D eigenvalue weighted by Crippen LogP contribution is 2.31. The van der Waals surface area contributed by atoms with Crippen molar-refractivity contribution in [3.8, 4) is 0 Å². The molecule has 0 bridgehead atoms. The topological polar surface area (TPSA) is 69.6 Å². The van der Waals surface area contributed by atoms with Gasteiger partial charge in [-0.15, -0.1) is 0 Å². The van der Waals surface area contributed by atoms with Gasteiger partial charge in [-0.25, -0.2) is 4.79 Å². The Morgan fingerprint density at radius 3 is 2.68 bits per heavy atom. The number of rotatable bonds is 6. The summed E-state index contributed by atoms with van der Waals surface area (Å²) in [5, 5.41) is 11.9. The lowest BCUT2D eigenvalue weighted by Gasteiger charge is -2.23. The van der Waals surface area contributed by atoms with Crippen LogP contribution < -0.4 is 5.32 Å². The molecule has 0 aromatic heterocycles. The maximum Gasteiger partial charge on any atom is 0.317 e. The van der Waals surface area contributed by atoms with Crippen molar-refractivity contribution in [1.29, 1.82) is 0 Å². The van der Waals surface area contributed by atoms with Gasteiger partial charge in [0.15, 0.2) is 0 Å². The Morgan fingerprint density at radius 1 is 1.42 bits per heavy atom. The lowest BCUT2D eigenvalue weighted by molar-refractivity contribution is -0.142. The van der Waals surface area contributed by atoms with Gasteiger partial charge in [0.05, 0.1) is 5.92 Å². The number of amides is 2. The monoisotopic (exact) mass is 270 g/mol. The van der Waals surface area contributed by atoms with Crippen molar-refractivity contribution in [2.45, 2.75) is 39.5 Å². The molecule has 0 heterocycles. The van der Waals surface area contributed by atoms with Crippen LogP contribution in [0, 0.1) is 17.8 Å². The number of urea groups is 1. The third kappa shape index (κ3) is 4.73. The van der Waals surface area contributed by atoms with E-state index in [1.165, 1.54) is 0 Å². The molecule has 1 rings (SSSR count). The lowest BCUT2D eigenvalue weighted by atomic mass is 9.96. The van der Waals surface area contributed by atoms with Crippen molar-refractivity contribution in [3.63, 3.8) is 0 Å². The van der Waals surface area contributed by atoms with Crippen LogP contribution >= 0.6 is 0 Å². The Hall–Kier alpha value is -1.26. The second-order valence-electron chi connectivity index (χ2n) is 5.72. The van der Waals surface area contributed by atoms with Gasteiger partial charge in [-0.2, -0.15) is 0 Å². The molecule has 0 saturated heterocycles. The average molecular weight is 270 g/mol. The molecule has 5 nitrogen and oxygen atoms in total. The highest BCUT2D eigenvalue weighted by Gasteiger charge is 2.33. The first kappa shape index (κ1) is 15.8. The minimum Gasteiger partial charge on any atom is -0.481 e. The van der Waals surface area contributed by atoms with E-state index >= 15 is 0 Å². The van der Waals surface area contributed by atoms with Crippen molar-refractivity contribution >= 4 is 12.0 Å². The number of nitrogens with zero attached hydrogens (tertiary/aromatic N) is 1. The van der Waals surface area contributed by atoms with E-state index in [2.05, 4.69) is 19.2 Å². The predicted molar refractivity (Wildman–Crippen MR) is 74.0 cm³/mol. The van der Waals surface area contributed by atoms with Crippen molar-refractivity contribution in [2.75, 3.05) is 20.1 Å². The normalized spacial score (nSPS) is 23.9. The largest absolute Gasteiger partial charge is 0.481 e. The van der Waals surface area contributed by atoms with Crippen LogP contribution in [0.4, 0.5) is 4.79 Å². The van der Waals surface area contributed by atoms with E-state index in [1.807, 2.05) is 0 Å². The van der Waals surface area contributed by atoms with E-state index in [-0.39, 0.29) is 17.9 Å². The van der Waals surface area contributed by atoms with E-state index in [4.69, 9.17) is 5.11 Å². The zero-order valence-electron chi connectivity index (χ0n) is 12.2. The summed E-state index contributed by atoms with van der Waals surface area (Å²) in [5.74, 6) is -0.461. The van der Waals surface area contributed by atoms with Gasteiger partial charge in [-0.3, -0.25) is 4.79 Å². The fourth-order valence-corrected chi connectivity index (χ4v) is 2.64. The van der Waals surface area contributed by atoms with Crippen molar-refractivity contribution in [1.82, 2.24) is 10.2 Å². The van der Waals surface area contributed by atoms with Crippen LogP contribution in [0.1, 0.15) is 39.5 Å². The zero-order valence-corrected chi connectivity index (χ0v) is 12.2. The molecule has 2 N–H and O–H groups in total. The number of aliphatic carboxylic acids is 1. The van der Waals surface area contributed by atoms with E-state index in [9.17, 15) is 9.59 Å². The van der Waals surface area contributed by atoms with Gasteiger partial charge in [0, 0.05) is 20.1 Å². The van der Waals surface area contributed by atoms with Gasteiger partial charge in [0.25, 0.3) is 0 Å². The Morgan fingerprint density at radius 2 is 2.11 bits per heavy atom. The van der Waals surface area contributed by atoms with Gasteiger partial charge in [0.1, 0.15) is 0 Å². The average Bonchev–Trinajstić information content (AvgIpc) is 2.83. The summed E-state index contributed by atoms with van der Waals surface area (Å²) >= 11 is 0. The second kappa shape index (κ2) is 7.36. The summed E-state index contributed by atoms with van der Waals surface area (Å²) in [5.41, 5.74) is 0. The molecular formula is C14H26N2O3. The molecule has 3 atom stereocenters. The molecule has 3 unspecified atom stereocenters. The third-order valence-corrected chi connectivity index (χ3v) is 4.12. The molecule has 110 valence electrons. The maximum absolute atomic E-state index is 11.9. The zero-order chi connectivity index (χ0) is 14.4. The molecule has 1 aliphatic rings. The summed E-state index contributed by atoms with van der Waals surface area (Å²) in [6.07, 6.45) is 3.62. The van der Waals surface area contributed by atoms with Gasteiger partial charge in [-0.1, -0.05) is 26.7 Å². The summed E-state index contributed by atoms with van der Waals surface area (Å²) in [7, 11) is 1.78. The van der Waals surface area contributed by atoms with Gasteiger partial charge in [0.2, 0.25) is 0 Å². The molecule has 1 fully saturated rings. The number of carbonyl (C=O) groups is 2. The number of hydrogen-bond acceptors (Lipinski definition) is 2. The Kier molecular flexibility index (Phi) is 6.12. The van der Waals surface area contributed by atoms with Crippen LogP contribution in [0.15, 0.2) is 0 Å². The molecule has 0 radical (unpaired) electrons. The standard InChI is InChI=1S/C14H26N2O3/c1-4-10(2)9-16(3)14(19)15-8-11-6-5-7-12(11)13(17)18/h10-12H,4-9H2,1-3H3,(H,15,19)(H,17,18). The highest BCUT2D eigenvalue weighted by molar-refractivity contribution is 5.74. The van der Waals surface area contributed by atoms with Crippen LogP contribution in [0.2, 0.25) is 0 Å². The number of hydrogen-bond donors (Lipinski definition) is 2. The molecule has 1 saturated carbocycles. The van der Waals surface area contributed by atoms with Gasteiger partial charge >= 0.3 is 12.0 Å². The van der Waals surface area contributed by atoms with E-state index in [1.54, 1.807) is 11.9 Å². The molecule has 0 spiro atoms. The van der Waals surface area contributed by atoms with E-state index in [0.29, 0.717) is 12.5 Å². The predicted octanol–water partition coefficient (Wildman–Crippen LogP) is 2.17. The first-order valence-electron chi connectivity index (χ1n) is 7.17. The van der Waals surface area contributed by atoms with Crippen molar-refractivity contribution < 1.29 is 14.7 Å². The molecule has 1 aliphatic carbocycles. The minimum absolute atomic E-state index is 0.0819. The smallest absolute Gasteiger partial charge is 0.317 e.